The normalized spacial score (nSPS) is 11.7. The van der Waals surface area contributed by atoms with Crippen molar-refractivity contribution in [3.63, 3.8) is 0 Å². The molecule has 2 aromatic carbocycles. The highest BCUT2D eigenvalue weighted by molar-refractivity contribution is 7.12. The van der Waals surface area contributed by atoms with Crippen LogP contribution in [0.25, 0.3) is 0 Å². The first kappa shape index (κ1) is 21.4. The number of amides is 1. The van der Waals surface area contributed by atoms with Crippen LogP contribution >= 0.6 is 11.3 Å². The SMILES string of the molecule is CC(C)C(NC(=O)c1cccs1)C(=O)Oc1ccc(C(=O)c2ccc(F)cc2)cc1. The van der Waals surface area contributed by atoms with E-state index in [1.165, 1.54) is 59.9 Å². The van der Waals surface area contributed by atoms with Gasteiger partial charge in [0.2, 0.25) is 0 Å². The van der Waals surface area contributed by atoms with Crippen LogP contribution in [0, 0.1) is 11.7 Å². The van der Waals surface area contributed by atoms with E-state index in [4.69, 9.17) is 4.74 Å². The maximum atomic E-state index is 13.0. The van der Waals surface area contributed by atoms with Gasteiger partial charge in [-0.25, -0.2) is 9.18 Å². The first-order valence-electron chi connectivity index (χ1n) is 9.31. The molecule has 0 spiro atoms. The topological polar surface area (TPSA) is 72.5 Å². The lowest BCUT2D eigenvalue weighted by Crippen LogP contribution is -2.46. The molecule has 154 valence electrons. The molecule has 0 saturated heterocycles. The molecule has 0 saturated carbocycles. The number of carbonyl (C=O) groups excluding carboxylic acids is 3. The van der Waals surface area contributed by atoms with E-state index in [-0.39, 0.29) is 23.4 Å². The van der Waals surface area contributed by atoms with E-state index in [2.05, 4.69) is 5.32 Å². The quantitative estimate of drug-likeness (QED) is 0.344. The molecule has 0 fully saturated rings. The number of ether oxygens (including phenoxy) is 1. The van der Waals surface area contributed by atoms with Crippen molar-refractivity contribution >= 4 is 29.0 Å². The van der Waals surface area contributed by atoms with Gasteiger partial charge in [-0.3, -0.25) is 9.59 Å². The van der Waals surface area contributed by atoms with Crippen LogP contribution in [0.1, 0.15) is 39.4 Å². The average Bonchev–Trinajstić information content (AvgIpc) is 3.27. The molecule has 0 radical (unpaired) electrons. The van der Waals surface area contributed by atoms with Gasteiger partial charge < -0.3 is 10.1 Å². The Hall–Kier alpha value is -3.32. The van der Waals surface area contributed by atoms with Gasteiger partial charge in [-0.2, -0.15) is 0 Å². The molecule has 3 aromatic rings. The number of rotatable bonds is 7. The second kappa shape index (κ2) is 9.45. The summed E-state index contributed by atoms with van der Waals surface area (Å²) in [6.45, 7) is 3.62. The van der Waals surface area contributed by atoms with Crippen LogP contribution in [-0.2, 0) is 4.79 Å². The molecule has 0 aliphatic rings. The van der Waals surface area contributed by atoms with Gasteiger partial charge >= 0.3 is 5.97 Å². The Bertz CT molecular complexity index is 1030. The summed E-state index contributed by atoms with van der Waals surface area (Å²) in [6, 6.07) is 14.0. The summed E-state index contributed by atoms with van der Waals surface area (Å²) in [5.41, 5.74) is 0.741. The molecule has 3 rings (SSSR count). The van der Waals surface area contributed by atoms with E-state index in [9.17, 15) is 18.8 Å². The van der Waals surface area contributed by atoms with E-state index in [0.29, 0.717) is 16.0 Å². The number of hydrogen-bond acceptors (Lipinski definition) is 5. The van der Waals surface area contributed by atoms with E-state index < -0.39 is 17.8 Å². The van der Waals surface area contributed by atoms with Crippen LogP contribution < -0.4 is 10.1 Å². The van der Waals surface area contributed by atoms with E-state index in [0.717, 1.165) is 0 Å². The van der Waals surface area contributed by atoms with Crippen LogP contribution in [0.5, 0.6) is 5.75 Å². The number of ketones is 1. The van der Waals surface area contributed by atoms with Crippen LogP contribution in [-0.4, -0.2) is 23.7 Å². The minimum absolute atomic E-state index is 0.180. The molecule has 30 heavy (non-hydrogen) atoms. The van der Waals surface area contributed by atoms with Crippen molar-refractivity contribution in [2.45, 2.75) is 19.9 Å². The number of hydrogen-bond donors (Lipinski definition) is 1. The van der Waals surface area contributed by atoms with Crippen molar-refractivity contribution in [1.29, 1.82) is 0 Å². The third-order valence-corrected chi connectivity index (χ3v) is 5.26. The third-order valence-electron chi connectivity index (χ3n) is 4.39. The zero-order chi connectivity index (χ0) is 21.7. The fraction of sp³-hybridized carbons (Fsp3) is 0.174. The van der Waals surface area contributed by atoms with E-state index in [1.807, 2.05) is 13.8 Å². The first-order valence-corrected chi connectivity index (χ1v) is 10.2. The molecular formula is C23H20FNO4S. The second-order valence-corrected chi connectivity index (χ2v) is 7.90. The lowest BCUT2D eigenvalue weighted by Gasteiger charge is -2.20. The lowest BCUT2D eigenvalue weighted by atomic mass is 10.0. The molecule has 0 aliphatic heterocycles. The smallest absolute Gasteiger partial charge is 0.334 e. The Morgan fingerprint density at radius 1 is 0.933 bits per heavy atom. The van der Waals surface area contributed by atoms with Gasteiger partial charge in [-0.05, 0) is 65.9 Å². The zero-order valence-electron chi connectivity index (χ0n) is 16.4. The van der Waals surface area contributed by atoms with Crippen molar-refractivity contribution in [3.05, 3.63) is 87.9 Å². The molecule has 1 N–H and O–H groups in total. The van der Waals surface area contributed by atoms with Gasteiger partial charge in [0.25, 0.3) is 5.91 Å². The Morgan fingerprint density at radius 3 is 2.07 bits per heavy atom. The minimum Gasteiger partial charge on any atom is -0.425 e. The molecule has 0 bridgehead atoms. The predicted octanol–water partition coefficient (Wildman–Crippen LogP) is 4.48. The van der Waals surface area contributed by atoms with Gasteiger partial charge in [-0.1, -0.05) is 19.9 Å². The third kappa shape index (κ3) is 5.18. The maximum absolute atomic E-state index is 13.0. The molecule has 1 amide bonds. The number of halogens is 1. The van der Waals surface area contributed by atoms with Crippen LogP contribution in [0.15, 0.2) is 66.0 Å². The summed E-state index contributed by atoms with van der Waals surface area (Å²) >= 11 is 1.29. The Balaban J connectivity index is 1.67. The van der Waals surface area contributed by atoms with Crippen molar-refractivity contribution in [3.8, 4) is 5.75 Å². The molecule has 0 aliphatic carbocycles. The number of esters is 1. The standard InChI is InChI=1S/C23H20FNO4S/c1-14(2)20(25-22(27)19-4-3-13-30-19)23(28)29-18-11-7-16(8-12-18)21(26)15-5-9-17(24)10-6-15/h3-14,20H,1-2H3,(H,25,27). The van der Waals surface area contributed by atoms with Gasteiger partial charge in [0, 0.05) is 11.1 Å². The van der Waals surface area contributed by atoms with E-state index >= 15 is 0 Å². The Labute approximate surface area is 177 Å². The lowest BCUT2D eigenvalue weighted by molar-refractivity contribution is -0.137. The van der Waals surface area contributed by atoms with Crippen molar-refractivity contribution in [1.82, 2.24) is 5.32 Å². The highest BCUT2D eigenvalue weighted by Gasteiger charge is 2.27. The van der Waals surface area contributed by atoms with Gasteiger partial charge in [0.1, 0.15) is 17.6 Å². The average molecular weight is 425 g/mol. The molecule has 1 unspecified atom stereocenters. The Morgan fingerprint density at radius 2 is 1.53 bits per heavy atom. The monoisotopic (exact) mass is 425 g/mol. The molecule has 1 atom stereocenters. The second-order valence-electron chi connectivity index (χ2n) is 6.95. The highest BCUT2D eigenvalue weighted by atomic mass is 32.1. The fourth-order valence-electron chi connectivity index (χ4n) is 2.74. The minimum atomic E-state index is -0.819. The first-order chi connectivity index (χ1) is 14.3. The van der Waals surface area contributed by atoms with Crippen molar-refractivity contribution < 1.29 is 23.5 Å². The largest absolute Gasteiger partial charge is 0.425 e. The van der Waals surface area contributed by atoms with Crippen LogP contribution in [0.3, 0.4) is 0 Å². The summed E-state index contributed by atoms with van der Waals surface area (Å²) in [5, 5.41) is 4.49. The highest BCUT2D eigenvalue weighted by Crippen LogP contribution is 2.18. The molecule has 7 heteroatoms. The van der Waals surface area contributed by atoms with Gasteiger partial charge in [-0.15, -0.1) is 11.3 Å². The molecule has 1 heterocycles. The summed E-state index contributed by atoms with van der Waals surface area (Å²) in [6.07, 6.45) is 0. The van der Waals surface area contributed by atoms with Crippen molar-refractivity contribution in [2.24, 2.45) is 5.92 Å². The van der Waals surface area contributed by atoms with Crippen LogP contribution in [0.2, 0.25) is 0 Å². The number of benzene rings is 2. The Kier molecular flexibility index (Phi) is 6.74. The summed E-state index contributed by atoms with van der Waals surface area (Å²) in [4.78, 5) is 37.8. The van der Waals surface area contributed by atoms with E-state index in [1.54, 1.807) is 17.5 Å². The zero-order valence-corrected chi connectivity index (χ0v) is 17.2. The number of thiophene rings is 1. The molecule has 5 nitrogen and oxygen atoms in total. The van der Waals surface area contributed by atoms with Gasteiger partial charge in [0.05, 0.1) is 4.88 Å². The summed E-state index contributed by atoms with van der Waals surface area (Å²) < 4.78 is 18.4. The fourth-order valence-corrected chi connectivity index (χ4v) is 3.37. The summed E-state index contributed by atoms with van der Waals surface area (Å²) in [7, 11) is 0. The summed E-state index contributed by atoms with van der Waals surface area (Å²) in [5.74, 6) is -1.53. The van der Waals surface area contributed by atoms with Gasteiger partial charge in [0.15, 0.2) is 5.78 Å². The number of nitrogens with one attached hydrogen (secondary N) is 1. The van der Waals surface area contributed by atoms with Crippen LogP contribution in [0.4, 0.5) is 4.39 Å². The maximum Gasteiger partial charge on any atom is 0.334 e. The van der Waals surface area contributed by atoms with Crippen molar-refractivity contribution in [2.75, 3.05) is 0 Å². The molecule has 1 aromatic heterocycles. The number of carbonyl (C=O) groups is 3. The predicted molar refractivity (Wildman–Crippen MR) is 112 cm³/mol. The molecular weight excluding hydrogens is 405 g/mol.